The number of hydrogen-bond acceptors (Lipinski definition) is 2. The minimum absolute atomic E-state index is 0.210. The Morgan fingerprint density at radius 2 is 2.29 bits per heavy atom. The molecule has 0 spiro atoms. The Labute approximate surface area is 104 Å². The maximum Gasteiger partial charge on any atom is 0.178 e. The number of benzene rings is 1. The van der Waals surface area contributed by atoms with Gasteiger partial charge in [-0.05, 0) is 19.1 Å². The summed E-state index contributed by atoms with van der Waals surface area (Å²) in [7, 11) is 1.44. The highest BCUT2D eigenvalue weighted by Crippen LogP contribution is 2.24. The zero-order valence-electron chi connectivity index (χ0n) is 9.71. The first kappa shape index (κ1) is 11.9. The number of hydrogen-bond donors (Lipinski definition) is 1. The molecule has 0 radical (unpaired) electrons. The third kappa shape index (κ3) is 2.10. The molecule has 0 atom stereocenters. The van der Waals surface area contributed by atoms with Gasteiger partial charge in [-0.3, -0.25) is 0 Å². The van der Waals surface area contributed by atoms with Crippen LogP contribution in [0.2, 0.25) is 0 Å². The number of fused-ring (bicyclic) bond motifs is 1. The molecule has 0 aliphatic carbocycles. The normalized spacial score (nSPS) is 10.8. The lowest BCUT2D eigenvalue weighted by atomic mass is 10.2. The van der Waals surface area contributed by atoms with Crippen molar-refractivity contribution in [2.75, 3.05) is 7.11 Å². The number of ether oxygens (including phenoxy) is 1. The van der Waals surface area contributed by atoms with Crippen molar-refractivity contribution < 1.29 is 9.13 Å². The van der Waals surface area contributed by atoms with Crippen molar-refractivity contribution in [3.05, 3.63) is 34.9 Å². The van der Waals surface area contributed by atoms with Crippen molar-refractivity contribution >= 4 is 23.3 Å². The summed E-state index contributed by atoms with van der Waals surface area (Å²) in [6, 6.07) is 3.03. The van der Waals surface area contributed by atoms with E-state index in [-0.39, 0.29) is 5.75 Å². The van der Waals surface area contributed by atoms with Crippen LogP contribution in [0.4, 0.5) is 4.39 Å². The van der Waals surface area contributed by atoms with Crippen molar-refractivity contribution in [2.45, 2.75) is 13.5 Å². The number of aromatic amines is 1. The van der Waals surface area contributed by atoms with Crippen LogP contribution in [0.15, 0.2) is 24.3 Å². The van der Waals surface area contributed by atoms with Gasteiger partial charge in [0.05, 0.1) is 18.1 Å². The number of methoxy groups -OCH3 is 1. The highest BCUT2D eigenvalue weighted by molar-refractivity contribution is 7.71. The van der Waals surface area contributed by atoms with Crippen LogP contribution >= 0.6 is 12.2 Å². The van der Waals surface area contributed by atoms with Gasteiger partial charge >= 0.3 is 0 Å². The van der Waals surface area contributed by atoms with Crippen LogP contribution < -0.4 is 4.74 Å². The molecule has 3 nitrogen and oxygen atoms in total. The molecule has 1 aromatic heterocycles. The molecule has 0 amide bonds. The molecule has 0 aliphatic heterocycles. The minimum Gasteiger partial charge on any atom is -0.494 e. The van der Waals surface area contributed by atoms with Gasteiger partial charge in [0.1, 0.15) is 0 Å². The summed E-state index contributed by atoms with van der Waals surface area (Å²) in [6.45, 7) is 6.37. The summed E-state index contributed by atoms with van der Waals surface area (Å²) in [6.07, 6.45) is 0. The molecule has 2 rings (SSSR count). The Bertz CT molecular complexity index is 642. The van der Waals surface area contributed by atoms with E-state index in [2.05, 4.69) is 11.6 Å². The van der Waals surface area contributed by atoms with Gasteiger partial charge in [-0.1, -0.05) is 12.2 Å². The number of H-pyrrole nitrogens is 1. The van der Waals surface area contributed by atoms with Gasteiger partial charge in [0.2, 0.25) is 0 Å². The Morgan fingerprint density at radius 1 is 1.59 bits per heavy atom. The first-order valence-corrected chi connectivity index (χ1v) is 5.54. The summed E-state index contributed by atoms with van der Waals surface area (Å²) < 4.78 is 20.9. The number of imidazole rings is 1. The van der Waals surface area contributed by atoms with Crippen LogP contribution in [-0.2, 0) is 6.54 Å². The predicted octanol–water partition coefficient (Wildman–Crippen LogP) is 3.42. The fourth-order valence-electron chi connectivity index (χ4n) is 1.74. The Balaban J connectivity index is 2.71. The van der Waals surface area contributed by atoms with Gasteiger partial charge in [0.25, 0.3) is 0 Å². The molecule has 0 bridgehead atoms. The maximum absolute atomic E-state index is 13.5. The van der Waals surface area contributed by atoms with Gasteiger partial charge < -0.3 is 14.3 Å². The monoisotopic (exact) mass is 252 g/mol. The van der Waals surface area contributed by atoms with Crippen molar-refractivity contribution in [2.24, 2.45) is 0 Å². The van der Waals surface area contributed by atoms with Crippen LogP contribution in [0, 0.1) is 10.6 Å². The molecule has 0 saturated carbocycles. The average molecular weight is 252 g/mol. The molecule has 1 aromatic carbocycles. The number of nitrogens with zero attached hydrogens (tertiary/aromatic N) is 1. The quantitative estimate of drug-likeness (QED) is 0.670. The first-order valence-electron chi connectivity index (χ1n) is 5.13. The summed E-state index contributed by atoms with van der Waals surface area (Å²) in [5.41, 5.74) is 2.45. The number of rotatable bonds is 3. The van der Waals surface area contributed by atoms with E-state index in [9.17, 15) is 4.39 Å². The molecule has 1 N–H and O–H groups in total. The number of nitrogens with one attached hydrogen (secondary N) is 1. The topological polar surface area (TPSA) is 29.9 Å². The van der Waals surface area contributed by atoms with Crippen molar-refractivity contribution in [3.63, 3.8) is 0 Å². The number of allylic oxidation sites excluding steroid dienone is 1. The smallest absolute Gasteiger partial charge is 0.178 e. The van der Waals surface area contributed by atoms with E-state index in [4.69, 9.17) is 17.0 Å². The van der Waals surface area contributed by atoms with Gasteiger partial charge in [0, 0.05) is 18.7 Å². The summed E-state index contributed by atoms with van der Waals surface area (Å²) >= 11 is 5.20. The second kappa shape index (κ2) is 4.33. The molecule has 5 heteroatoms. The van der Waals surface area contributed by atoms with E-state index >= 15 is 0 Å². The van der Waals surface area contributed by atoms with Gasteiger partial charge in [-0.15, -0.1) is 0 Å². The van der Waals surface area contributed by atoms with E-state index < -0.39 is 5.82 Å². The minimum atomic E-state index is -0.404. The van der Waals surface area contributed by atoms with Crippen molar-refractivity contribution in [1.82, 2.24) is 9.55 Å². The second-order valence-electron chi connectivity index (χ2n) is 3.98. The predicted molar refractivity (Wildman–Crippen MR) is 68.4 cm³/mol. The molecule has 0 aliphatic rings. The fourth-order valence-corrected chi connectivity index (χ4v) is 2.01. The SMILES string of the molecule is C=C(C)Cn1c(=S)[nH]c2cc(F)c(OC)cc21. The average Bonchev–Trinajstić information content (AvgIpc) is 2.53. The molecular formula is C12H13FN2OS. The van der Waals surface area contributed by atoms with Crippen LogP contribution in [0.5, 0.6) is 5.75 Å². The molecule has 2 aromatic rings. The summed E-state index contributed by atoms with van der Waals surface area (Å²) in [5, 5.41) is 0. The van der Waals surface area contributed by atoms with Gasteiger partial charge in [0.15, 0.2) is 16.3 Å². The molecule has 90 valence electrons. The molecule has 0 unspecified atom stereocenters. The highest BCUT2D eigenvalue weighted by Gasteiger charge is 2.10. The van der Waals surface area contributed by atoms with Gasteiger partial charge in [-0.25, -0.2) is 4.39 Å². The Hall–Kier alpha value is -1.62. The highest BCUT2D eigenvalue weighted by atomic mass is 32.1. The first-order chi connectivity index (χ1) is 8.02. The standard InChI is InChI=1S/C12H13FN2OS/c1-7(2)6-15-10-5-11(16-3)8(13)4-9(10)14-12(15)17/h4-5H,1,6H2,2-3H3,(H,14,17). The molecule has 0 saturated heterocycles. The second-order valence-corrected chi connectivity index (χ2v) is 4.36. The van der Waals surface area contributed by atoms with Crippen LogP contribution in [0.25, 0.3) is 11.0 Å². The van der Waals surface area contributed by atoms with E-state index in [0.29, 0.717) is 16.8 Å². The molecular weight excluding hydrogens is 239 g/mol. The number of aromatic nitrogens is 2. The van der Waals surface area contributed by atoms with E-state index in [1.165, 1.54) is 13.2 Å². The van der Waals surface area contributed by atoms with Crippen molar-refractivity contribution in [3.8, 4) is 5.75 Å². The lowest BCUT2D eigenvalue weighted by Gasteiger charge is -2.06. The third-order valence-electron chi connectivity index (χ3n) is 2.48. The van der Waals surface area contributed by atoms with Crippen LogP contribution in [-0.4, -0.2) is 16.7 Å². The lowest BCUT2D eigenvalue weighted by molar-refractivity contribution is 0.387. The molecule has 17 heavy (non-hydrogen) atoms. The van der Waals surface area contributed by atoms with E-state index in [1.54, 1.807) is 6.07 Å². The number of halogens is 1. The zero-order valence-corrected chi connectivity index (χ0v) is 10.5. The van der Waals surface area contributed by atoms with Crippen molar-refractivity contribution in [1.29, 1.82) is 0 Å². The van der Waals surface area contributed by atoms with E-state index in [0.717, 1.165) is 11.1 Å². The Kier molecular flexibility index (Phi) is 3.02. The summed E-state index contributed by atoms with van der Waals surface area (Å²) in [5.74, 6) is -0.194. The largest absolute Gasteiger partial charge is 0.494 e. The van der Waals surface area contributed by atoms with E-state index in [1.807, 2.05) is 11.5 Å². The molecule has 0 fully saturated rings. The molecule has 1 heterocycles. The lowest BCUT2D eigenvalue weighted by Crippen LogP contribution is -1.98. The zero-order chi connectivity index (χ0) is 12.6. The maximum atomic E-state index is 13.5. The van der Waals surface area contributed by atoms with Crippen LogP contribution in [0.3, 0.4) is 0 Å². The Morgan fingerprint density at radius 3 is 2.88 bits per heavy atom. The third-order valence-corrected chi connectivity index (χ3v) is 2.80. The van der Waals surface area contributed by atoms with Gasteiger partial charge in [-0.2, -0.15) is 0 Å². The summed E-state index contributed by atoms with van der Waals surface area (Å²) in [4.78, 5) is 2.97. The van der Waals surface area contributed by atoms with Crippen LogP contribution in [0.1, 0.15) is 6.92 Å². The fraction of sp³-hybridized carbons (Fsp3) is 0.250.